The fourth-order valence-electron chi connectivity index (χ4n) is 2.11. The summed E-state index contributed by atoms with van der Waals surface area (Å²) in [6.07, 6.45) is -0.726. The largest absolute Gasteiger partial charge is 0.481 e. The maximum atomic E-state index is 12.5. The van der Waals surface area contributed by atoms with Crippen molar-refractivity contribution in [2.75, 3.05) is 0 Å². The van der Waals surface area contributed by atoms with Crippen molar-refractivity contribution in [1.29, 1.82) is 5.26 Å². The first kappa shape index (κ1) is 19.4. The summed E-state index contributed by atoms with van der Waals surface area (Å²) in [7, 11) is 0. The SMILES string of the molecule is CC(Oc1ccc(C#N)cc1)C(=O)NC(C)(C)c1noc(C(C)(C)C)n1. The van der Waals surface area contributed by atoms with Gasteiger partial charge < -0.3 is 14.6 Å². The second-order valence-corrected chi connectivity index (χ2v) is 7.68. The average Bonchev–Trinajstić information content (AvgIpc) is 3.06. The Hall–Kier alpha value is -2.88. The molecule has 0 spiro atoms. The minimum atomic E-state index is -0.813. The molecule has 1 heterocycles. The second-order valence-electron chi connectivity index (χ2n) is 7.68. The summed E-state index contributed by atoms with van der Waals surface area (Å²) in [5.74, 6) is 1.12. The van der Waals surface area contributed by atoms with Crippen LogP contribution in [-0.2, 0) is 15.7 Å². The number of rotatable bonds is 5. The first-order valence-corrected chi connectivity index (χ1v) is 8.36. The van der Waals surface area contributed by atoms with Crippen molar-refractivity contribution in [2.24, 2.45) is 0 Å². The highest BCUT2D eigenvalue weighted by Crippen LogP contribution is 2.24. The van der Waals surface area contributed by atoms with Gasteiger partial charge in [0.05, 0.1) is 17.2 Å². The summed E-state index contributed by atoms with van der Waals surface area (Å²) in [5.41, 5.74) is -0.550. The minimum absolute atomic E-state index is 0.267. The molecule has 7 heteroatoms. The monoisotopic (exact) mass is 356 g/mol. The van der Waals surface area contributed by atoms with Gasteiger partial charge in [-0.2, -0.15) is 10.2 Å². The van der Waals surface area contributed by atoms with Crippen LogP contribution in [0.25, 0.3) is 0 Å². The number of hydrogen-bond acceptors (Lipinski definition) is 6. The molecule has 0 aliphatic rings. The molecule has 1 aromatic carbocycles. The summed E-state index contributed by atoms with van der Waals surface area (Å²) >= 11 is 0. The van der Waals surface area contributed by atoms with Gasteiger partial charge in [-0.05, 0) is 45.0 Å². The predicted molar refractivity (Wildman–Crippen MR) is 95.4 cm³/mol. The zero-order valence-electron chi connectivity index (χ0n) is 16.0. The lowest BCUT2D eigenvalue weighted by Crippen LogP contribution is -2.47. The van der Waals surface area contributed by atoms with E-state index in [2.05, 4.69) is 15.5 Å². The molecule has 0 bridgehead atoms. The lowest BCUT2D eigenvalue weighted by molar-refractivity contribution is -0.129. The number of aromatic nitrogens is 2. The first-order valence-electron chi connectivity index (χ1n) is 8.36. The molecule has 1 N–H and O–H groups in total. The Balaban J connectivity index is 2.04. The van der Waals surface area contributed by atoms with Gasteiger partial charge >= 0.3 is 0 Å². The van der Waals surface area contributed by atoms with Crippen LogP contribution in [0.2, 0.25) is 0 Å². The maximum Gasteiger partial charge on any atom is 0.261 e. The van der Waals surface area contributed by atoms with Gasteiger partial charge in [0.2, 0.25) is 5.89 Å². The van der Waals surface area contributed by atoms with Gasteiger partial charge in [0.15, 0.2) is 11.9 Å². The number of nitrogens with one attached hydrogen (secondary N) is 1. The van der Waals surface area contributed by atoms with E-state index in [-0.39, 0.29) is 11.3 Å². The highest BCUT2D eigenvalue weighted by Gasteiger charge is 2.33. The standard InChI is InChI=1S/C19H24N4O3/c1-12(25-14-9-7-13(11-20)8-10-14)15(24)22-19(5,6)16-21-17(26-23-16)18(2,3)4/h7-10,12H,1-6H3,(H,22,24). The topological polar surface area (TPSA) is 101 Å². The van der Waals surface area contributed by atoms with Gasteiger partial charge in [0, 0.05) is 5.41 Å². The van der Waals surface area contributed by atoms with Gasteiger partial charge in [-0.3, -0.25) is 4.79 Å². The molecule has 0 radical (unpaired) electrons. The van der Waals surface area contributed by atoms with Crippen LogP contribution in [0, 0.1) is 11.3 Å². The normalized spacial score (nSPS) is 13.0. The number of carbonyl (C=O) groups is 1. The van der Waals surface area contributed by atoms with Crippen LogP contribution in [0.15, 0.2) is 28.8 Å². The van der Waals surface area contributed by atoms with Crippen molar-refractivity contribution in [3.63, 3.8) is 0 Å². The molecule has 0 aliphatic heterocycles. The van der Waals surface area contributed by atoms with Crippen molar-refractivity contribution in [1.82, 2.24) is 15.5 Å². The molecule has 0 saturated heterocycles. The molecule has 26 heavy (non-hydrogen) atoms. The van der Waals surface area contributed by atoms with E-state index in [9.17, 15) is 4.79 Å². The van der Waals surface area contributed by atoms with E-state index in [0.29, 0.717) is 23.0 Å². The number of benzene rings is 1. The summed E-state index contributed by atoms with van der Waals surface area (Å²) < 4.78 is 10.9. The van der Waals surface area contributed by atoms with E-state index in [1.165, 1.54) is 0 Å². The summed E-state index contributed by atoms with van der Waals surface area (Å²) in [4.78, 5) is 16.9. The maximum absolute atomic E-state index is 12.5. The van der Waals surface area contributed by atoms with Gasteiger partial charge in [0.1, 0.15) is 5.75 Å². The third kappa shape index (κ3) is 4.60. The van der Waals surface area contributed by atoms with Crippen LogP contribution in [0.3, 0.4) is 0 Å². The summed E-state index contributed by atoms with van der Waals surface area (Å²) in [6, 6.07) is 8.62. The number of amides is 1. The molecule has 0 aliphatic carbocycles. The van der Waals surface area contributed by atoms with Gasteiger partial charge in [-0.25, -0.2) is 0 Å². The Morgan fingerprint density at radius 2 is 1.85 bits per heavy atom. The van der Waals surface area contributed by atoms with E-state index < -0.39 is 11.6 Å². The third-order valence-electron chi connectivity index (χ3n) is 3.73. The van der Waals surface area contributed by atoms with Gasteiger partial charge in [-0.1, -0.05) is 25.9 Å². The predicted octanol–water partition coefficient (Wildman–Crippen LogP) is 3.06. The van der Waals surface area contributed by atoms with Gasteiger partial charge in [0.25, 0.3) is 5.91 Å². The molecule has 2 aromatic rings. The molecular formula is C19H24N4O3. The number of carbonyl (C=O) groups excluding carboxylic acids is 1. The number of ether oxygens (including phenoxy) is 1. The van der Waals surface area contributed by atoms with Crippen molar-refractivity contribution >= 4 is 5.91 Å². The van der Waals surface area contributed by atoms with Crippen molar-refractivity contribution in [2.45, 2.75) is 58.6 Å². The molecule has 1 atom stereocenters. The number of nitrogens with zero attached hydrogens (tertiary/aromatic N) is 3. The molecule has 7 nitrogen and oxygen atoms in total. The van der Waals surface area contributed by atoms with Crippen molar-refractivity contribution in [3.05, 3.63) is 41.5 Å². The fourth-order valence-corrected chi connectivity index (χ4v) is 2.11. The highest BCUT2D eigenvalue weighted by atomic mass is 16.5. The van der Waals surface area contributed by atoms with Gasteiger partial charge in [-0.15, -0.1) is 0 Å². The zero-order chi connectivity index (χ0) is 19.5. The fraction of sp³-hybridized carbons (Fsp3) is 0.474. The lowest BCUT2D eigenvalue weighted by atomic mass is 9.97. The Kier molecular flexibility index (Phi) is 5.36. The molecule has 138 valence electrons. The lowest BCUT2D eigenvalue weighted by Gasteiger charge is -2.25. The second kappa shape index (κ2) is 7.16. The first-order chi connectivity index (χ1) is 12.0. The minimum Gasteiger partial charge on any atom is -0.481 e. The molecule has 2 rings (SSSR count). The van der Waals surface area contributed by atoms with E-state index in [1.807, 2.05) is 26.8 Å². The third-order valence-corrected chi connectivity index (χ3v) is 3.73. The van der Waals surface area contributed by atoms with Crippen LogP contribution in [-0.4, -0.2) is 22.2 Å². The van der Waals surface area contributed by atoms with E-state index in [1.54, 1.807) is 45.0 Å². The highest BCUT2D eigenvalue weighted by molar-refractivity contribution is 5.81. The van der Waals surface area contributed by atoms with Crippen LogP contribution in [0.5, 0.6) is 5.75 Å². The van der Waals surface area contributed by atoms with Crippen LogP contribution >= 0.6 is 0 Å². The van der Waals surface area contributed by atoms with Crippen molar-refractivity contribution < 1.29 is 14.1 Å². The average molecular weight is 356 g/mol. The Labute approximate surface area is 153 Å². The Morgan fingerprint density at radius 3 is 2.35 bits per heavy atom. The molecule has 1 amide bonds. The van der Waals surface area contributed by atoms with Crippen LogP contribution in [0.1, 0.15) is 58.8 Å². The quantitative estimate of drug-likeness (QED) is 0.883. The van der Waals surface area contributed by atoms with Crippen LogP contribution < -0.4 is 10.1 Å². The molecule has 0 saturated carbocycles. The summed E-state index contributed by atoms with van der Waals surface area (Å²) in [6.45, 7) is 11.2. The number of hydrogen-bond donors (Lipinski definition) is 1. The summed E-state index contributed by atoms with van der Waals surface area (Å²) in [5, 5.41) is 15.7. The molecular weight excluding hydrogens is 332 g/mol. The number of nitriles is 1. The van der Waals surface area contributed by atoms with E-state index in [0.717, 1.165) is 0 Å². The van der Waals surface area contributed by atoms with E-state index >= 15 is 0 Å². The molecule has 1 aromatic heterocycles. The molecule has 1 unspecified atom stereocenters. The van der Waals surface area contributed by atoms with Crippen LogP contribution in [0.4, 0.5) is 0 Å². The van der Waals surface area contributed by atoms with Crippen molar-refractivity contribution in [3.8, 4) is 11.8 Å². The Bertz CT molecular complexity index is 811. The zero-order valence-corrected chi connectivity index (χ0v) is 16.0. The smallest absolute Gasteiger partial charge is 0.261 e. The molecule has 0 fully saturated rings. The van der Waals surface area contributed by atoms with E-state index in [4.69, 9.17) is 14.5 Å². The Morgan fingerprint density at radius 1 is 1.23 bits per heavy atom.